The lowest BCUT2D eigenvalue weighted by Crippen LogP contribution is -2.41. The van der Waals surface area contributed by atoms with Crippen LogP contribution in [0.2, 0.25) is 0 Å². The Kier molecular flexibility index (Phi) is 3.04. The molecule has 2 saturated carbocycles. The van der Waals surface area contributed by atoms with E-state index in [1.165, 1.54) is 0 Å². The number of hydrogen-bond acceptors (Lipinski definition) is 3. The number of aliphatic carboxylic acids is 1. The zero-order valence-electron chi connectivity index (χ0n) is 9.49. The summed E-state index contributed by atoms with van der Waals surface area (Å²) in [5.41, 5.74) is -1.19. The van der Waals surface area contributed by atoms with Crippen molar-refractivity contribution in [3.05, 3.63) is 0 Å². The van der Waals surface area contributed by atoms with Crippen LogP contribution < -0.4 is 10.6 Å². The van der Waals surface area contributed by atoms with Crippen LogP contribution >= 0.6 is 0 Å². The minimum atomic E-state index is -1.19. The second-order valence-electron chi connectivity index (χ2n) is 4.71. The van der Waals surface area contributed by atoms with Gasteiger partial charge in [-0.1, -0.05) is 0 Å². The van der Waals surface area contributed by atoms with E-state index in [0.717, 1.165) is 12.8 Å². The molecule has 0 aromatic carbocycles. The zero-order chi connectivity index (χ0) is 12.5. The fourth-order valence-corrected chi connectivity index (χ4v) is 1.68. The van der Waals surface area contributed by atoms with Crippen molar-refractivity contribution in [2.45, 2.75) is 25.7 Å². The minimum absolute atomic E-state index is 0.0265. The van der Waals surface area contributed by atoms with Crippen LogP contribution in [0.1, 0.15) is 25.7 Å². The molecule has 0 aliphatic heterocycles. The van der Waals surface area contributed by atoms with Gasteiger partial charge in [-0.3, -0.25) is 14.4 Å². The smallest absolute Gasteiger partial charge is 0.319 e. The molecule has 0 aromatic rings. The third-order valence-corrected chi connectivity index (χ3v) is 3.25. The molecule has 2 aliphatic rings. The topological polar surface area (TPSA) is 95.5 Å². The quantitative estimate of drug-likeness (QED) is 0.430. The molecule has 0 bridgehead atoms. The highest BCUT2D eigenvalue weighted by molar-refractivity contribution is 6.04. The second-order valence-corrected chi connectivity index (χ2v) is 4.71. The Hall–Kier alpha value is -1.59. The molecule has 0 radical (unpaired) electrons. The van der Waals surface area contributed by atoms with Gasteiger partial charge < -0.3 is 15.7 Å². The predicted octanol–water partition coefficient (Wildman–Crippen LogP) is -0.506. The number of rotatable bonds is 6. The van der Waals surface area contributed by atoms with Crippen LogP contribution in [0, 0.1) is 11.3 Å². The van der Waals surface area contributed by atoms with Crippen LogP contribution in [0.4, 0.5) is 0 Å². The van der Waals surface area contributed by atoms with Crippen molar-refractivity contribution in [1.29, 1.82) is 0 Å². The number of carbonyl (C=O) groups is 3. The van der Waals surface area contributed by atoms with Crippen LogP contribution in [-0.4, -0.2) is 36.0 Å². The summed E-state index contributed by atoms with van der Waals surface area (Å²) in [5, 5.41) is 14.1. The lowest BCUT2D eigenvalue weighted by molar-refractivity contribution is -0.149. The summed E-state index contributed by atoms with van der Waals surface area (Å²) < 4.78 is 0. The Balaban J connectivity index is 1.63. The summed E-state index contributed by atoms with van der Waals surface area (Å²) in [7, 11) is 0. The van der Waals surface area contributed by atoms with Gasteiger partial charge in [0.05, 0.1) is 0 Å². The van der Waals surface area contributed by atoms with Crippen molar-refractivity contribution < 1.29 is 19.5 Å². The van der Waals surface area contributed by atoms with Gasteiger partial charge in [-0.05, 0) is 25.7 Å². The highest BCUT2D eigenvalue weighted by Gasteiger charge is 2.56. The Bertz CT molecular complexity index is 358. The molecule has 0 heterocycles. The van der Waals surface area contributed by atoms with Crippen LogP contribution in [0.5, 0.6) is 0 Å². The summed E-state index contributed by atoms with van der Waals surface area (Å²) in [6.07, 6.45) is 2.70. The Morgan fingerprint density at radius 2 is 1.71 bits per heavy atom. The average Bonchev–Trinajstić information content (AvgIpc) is 3.17. The number of hydrogen-bond donors (Lipinski definition) is 3. The van der Waals surface area contributed by atoms with Crippen LogP contribution in [0.3, 0.4) is 0 Å². The largest absolute Gasteiger partial charge is 0.480 e. The van der Waals surface area contributed by atoms with E-state index in [0.29, 0.717) is 19.4 Å². The first-order valence-corrected chi connectivity index (χ1v) is 5.86. The molecule has 17 heavy (non-hydrogen) atoms. The summed E-state index contributed by atoms with van der Waals surface area (Å²) in [5.74, 6) is -1.32. The Morgan fingerprint density at radius 3 is 2.18 bits per heavy atom. The molecule has 2 fully saturated rings. The molecule has 0 spiro atoms. The summed E-state index contributed by atoms with van der Waals surface area (Å²) in [6.45, 7) is 0.642. The standard InChI is InChI=1S/C11H16N2O4/c14-8(7-1-2-7)12-5-6-13-9(15)11(3-4-11)10(16)17/h7H,1-6H2,(H,12,14)(H,13,15)(H,16,17). The molecular weight excluding hydrogens is 224 g/mol. The molecule has 0 unspecified atom stereocenters. The number of carboxylic acid groups (broad SMARTS) is 1. The lowest BCUT2D eigenvalue weighted by Gasteiger charge is -2.11. The van der Waals surface area contributed by atoms with E-state index in [9.17, 15) is 14.4 Å². The molecule has 0 aromatic heterocycles. The molecule has 6 heteroatoms. The van der Waals surface area contributed by atoms with E-state index in [1.54, 1.807) is 0 Å². The first-order valence-electron chi connectivity index (χ1n) is 5.86. The molecule has 0 saturated heterocycles. The Morgan fingerprint density at radius 1 is 1.12 bits per heavy atom. The minimum Gasteiger partial charge on any atom is -0.480 e. The van der Waals surface area contributed by atoms with Crippen LogP contribution in [-0.2, 0) is 14.4 Å². The van der Waals surface area contributed by atoms with E-state index in [4.69, 9.17) is 5.11 Å². The summed E-state index contributed by atoms with van der Waals surface area (Å²) in [4.78, 5) is 33.6. The van der Waals surface area contributed by atoms with Gasteiger partial charge in [0.15, 0.2) is 0 Å². The normalized spacial score (nSPS) is 20.5. The van der Waals surface area contributed by atoms with Gasteiger partial charge in [0.2, 0.25) is 11.8 Å². The summed E-state index contributed by atoms with van der Waals surface area (Å²) in [6, 6.07) is 0. The maximum atomic E-state index is 11.6. The molecule has 3 N–H and O–H groups in total. The molecular formula is C11H16N2O4. The van der Waals surface area contributed by atoms with E-state index in [-0.39, 0.29) is 18.4 Å². The van der Waals surface area contributed by atoms with E-state index < -0.39 is 17.3 Å². The zero-order valence-corrected chi connectivity index (χ0v) is 9.49. The van der Waals surface area contributed by atoms with Gasteiger partial charge >= 0.3 is 5.97 Å². The fourth-order valence-electron chi connectivity index (χ4n) is 1.68. The third kappa shape index (κ3) is 2.57. The molecule has 94 valence electrons. The Labute approximate surface area is 98.8 Å². The van der Waals surface area contributed by atoms with Gasteiger partial charge in [-0.15, -0.1) is 0 Å². The average molecular weight is 240 g/mol. The molecule has 0 atom stereocenters. The first kappa shape index (κ1) is 11.9. The maximum absolute atomic E-state index is 11.6. The van der Waals surface area contributed by atoms with Gasteiger partial charge in [-0.25, -0.2) is 0 Å². The number of nitrogens with one attached hydrogen (secondary N) is 2. The third-order valence-electron chi connectivity index (χ3n) is 3.25. The van der Waals surface area contributed by atoms with Gasteiger partial charge in [0.25, 0.3) is 0 Å². The highest BCUT2D eigenvalue weighted by atomic mass is 16.4. The predicted molar refractivity (Wildman–Crippen MR) is 58.0 cm³/mol. The van der Waals surface area contributed by atoms with E-state index in [2.05, 4.69) is 10.6 Å². The maximum Gasteiger partial charge on any atom is 0.319 e. The van der Waals surface area contributed by atoms with E-state index >= 15 is 0 Å². The second kappa shape index (κ2) is 4.35. The van der Waals surface area contributed by atoms with Crippen molar-refractivity contribution in [3.63, 3.8) is 0 Å². The van der Waals surface area contributed by atoms with Crippen molar-refractivity contribution in [1.82, 2.24) is 10.6 Å². The SMILES string of the molecule is O=C(NCCNC(=O)C1(C(=O)O)CC1)C1CC1. The first-order chi connectivity index (χ1) is 8.06. The molecule has 2 amide bonds. The van der Waals surface area contributed by atoms with Gasteiger partial charge in [0, 0.05) is 19.0 Å². The van der Waals surface area contributed by atoms with Gasteiger partial charge in [0.1, 0.15) is 5.41 Å². The number of carbonyl (C=O) groups excluding carboxylic acids is 2. The number of carboxylic acids is 1. The highest BCUT2D eigenvalue weighted by Crippen LogP contribution is 2.45. The summed E-state index contributed by atoms with van der Waals surface area (Å²) >= 11 is 0. The van der Waals surface area contributed by atoms with Gasteiger partial charge in [-0.2, -0.15) is 0 Å². The molecule has 6 nitrogen and oxygen atoms in total. The lowest BCUT2D eigenvalue weighted by atomic mass is 10.1. The van der Waals surface area contributed by atoms with Crippen molar-refractivity contribution in [3.8, 4) is 0 Å². The van der Waals surface area contributed by atoms with Crippen molar-refractivity contribution in [2.75, 3.05) is 13.1 Å². The van der Waals surface area contributed by atoms with E-state index in [1.807, 2.05) is 0 Å². The number of amides is 2. The van der Waals surface area contributed by atoms with Crippen LogP contribution in [0.15, 0.2) is 0 Å². The fraction of sp³-hybridized carbons (Fsp3) is 0.727. The van der Waals surface area contributed by atoms with Crippen LogP contribution in [0.25, 0.3) is 0 Å². The molecule has 2 rings (SSSR count). The molecule has 2 aliphatic carbocycles. The monoisotopic (exact) mass is 240 g/mol. The van der Waals surface area contributed by atoms with Crippen molar-refractivity contribution >= 4 is 17.8 Å². The van der Waals surface area contributed by atoms with Crippen molar-refractivity contribution in [2.24, 2.45) is 11.3 Å².